The van der Waals surface area contributed by atoms with Crippen LogP contribution in [-0.2, 0) is 10.8 Å². The fourth-order valence-corrected chi connectivity index (χ4v) is 11.5. The molecule has 0 bridgehead atoms. The molecular formula is C53H51N2+. The van der Waals surface area contributed by atoms with Gasteiger partial charge in [0.05, 0.1) is 16.5 Å². The molecule has 272 valence electrons. The van der Waals surface area contributed by atoms with E-state index in [9.17, 15) is 0 Å². The average molecular weight is 716 g/mol. The Hall–Kier alpha value is -5.47. The Kier molecular flexibility index (Phi) is 8.47. The Bertz CT molecular complexity index is 2680. The van der Waals surface area contributed by atoms with Gasteiger partial charge in [0.25, 0.3) is 0 Å². The molecule has 2 heteroatoms. The zero-order valence-electron chi connectivity index (χ0n) is 32.4. The lowest BCUT2D eigenvalue weighted by molar-refractivity contribution is -0.400. The number of benzene rings is 6. The van der Waals surface area contributed by atoms with Gasteiger partial charge in [-0.15, -0.1) is 0 Å². The molecule has 4 aliphatic rings. The van der Waals surface area contributed by atoms with Gasteiger partial charge in [-0.05, 0) is 75.7 Å². The summed E-state index contributed by atoms with van der Waals surface area (Å²) in [5.74, 6) is 0. The van der Waals surface area contributed by atoms with E-state index in [4.69, 9.17) is 0 Å². The van der Waals surface area contributed by atoms with Crippen LogP contribution >= 0.6 is 0 Å². The van der Waals surface area contributed by atoms with Crippen molar-refractivity contribution in [1.82, 2.24) is 0 Å². The highest BCUT2D eigenvalue weighted by Crippen LogP contribution is 2.59. The standard InChI is InChI=1S/C53H51N2/c1-54-46(52(34-20-8-21-35-52)48-42-28-16-12-24-38(42)40-26-14-18-30-44(40)50(48)54)32-10-6-4-3-5-7-11-33-47-53(36-22-9-23-37-53)49-43-29-17-13-25-39(43)41-27-15-19-31-45(41)51(49)55(47)2/h3-7,10-19,24-33H,8-9,20-23,34-37H2,1-2H3/q+1. The summed E-state index contributed by atoms with van der Waals surface area (Å²) in [4.78, 5) is 2.52. The predicted molar refractivity (Wildman–Crippen MR) is 236 cm³/mol. The zero-order chi connectivity index (χ0) is 37.0. The number of likely N-dealkylation sites (N-methyl/N-ethyl adjacent to an activating group) is 1. The first-order chi connectivity index (χ1) is 27.1. The van der Waals surface area contributed by atoms with Crippen molar-refractivity contribution in [2.75, 3.05) is 19.0 Å². The number of anilines is 1. The van der Waals surface area contributed by atoms with Crippen molar-refractivity contribution in [3.63, 3.8) is 0 Å². The summed E-state index contributed by atoms with van der Waals surface area (Å²) < 4.78 is 2.52. The lowest BCUT2D eigenvalue weighted by Gasteiger charge is -2.36. The van der Waals surface area contributed by atoms with E-state index in [1.807, 2.05) is 0 Å². The van der Waals surface area contributed by atoms with Crippen molar-refractivity contribution < 1.29 is 4.58 Å². The third-order valence-electron chi connectivity index (χ3n) is 13.7. The molecule has 0 atom stereocenters. The van der Waals surface area contributed by atoms with Crippen molar-refractivity contribution in [2.24, 2.45) is 0 Å². The molecule has 0 amide bonds. The molecule has 6 aromatic rings. The maximum absolute atomic E-state index is 2.52. The van der Waals surface area contributed by atoms with Crippen LogP contribution in [0.25, 0.3) is 43.1 Å². The highest BCUT2D eigenvalue weighted by Gasteiger charge is 2.52. The third kappa shape index (κ3) is 5.17. The summed E-state index contributed by atoms with van der Waals surface area (Å²) >= 11 is 0. The minimum Gasteiger partial charge on any atom is -0.347 e. The molecule has 0 saturated heterocycles. The molecule has 0 radical (unpaired) electrons. The molecule has 2 nitrogen and oxygen atoms in total. The summed E-state index contributed by atoms with van der Waals surface area (Å²) in [7, 11) is 4.60. The molecule has 2 heterocycles. The van der Waals surface area contributed by atoms with Crippen LogP contribution in [0.3, 0.4) is 0 Å². The second-order valence-electron chi connectivity index (χ2n) is 16.5. The van der Waals surface area contributed by atoms with Gasteiger partial charge >= 0.3 is 0 Å². The summed E-state index contributed by atoms with van der Waals surface area (Å²) in [6.07, 6.45) is 32.9. The van der Waals surface area contributed by atoms with Crippen LogP contribution in [0, 0.1) is 0 Å². The van der Waals surface area contributed by atoms with Crippen molar-refractivity contribution in [3.8, 4) is 0 Å². The maximum atomic E-state index is 2.52. The van der Waals surface area contributed by atoms with Crippen LogP contribution in [0.15, 0.2) is 157 Å². The van der Waals surface area contributed by atoms with Gasteiger partial charge in [0, 0.05) is 35.2 Å². The van der Waals surface area contributed by atoms with Crippen LogP contribution in [0.5, 0.6) is 0 Å². The second kappa shape index (κ2) is 13.7. The molecule has 2 aliphatic heterocycles. The van der Waals surface area contributed by atoms with Crippen LogP contribution in [0.2, 0.25) is 0 Å². The lowest BCUT2D eigenvalue weighted by Crippen LogP contribution is -2.36. The van der Waals surface area contributed by atoms with Gasteiger partial charge in [0.1, 0.15) is 7.05 Å². The van der Waals surface area contributed by atoms with Gasteiger partial charge in [-0.3, -0.25) is 0 Å². The SMILES string of the molecule is CN1C(=CC=CC=CC=CC=CC2=[N+](C)c3c(c4ccccc4c4ccccc34)C23CCCCC3)C2(CCCCC2)c2c1c1ccccc1c1ccccc21. The Balaban J connectivity index is 0.939. The summed E-state index contributed by atoms with van der Waals surface area (Å²) in [6, 6.07) is 36.3. The average Bonchev–Trinajstić information content (AvgIpc) is 3.61. The number of allylic oxidation sites excluding steroid dienone is 10. The highest BCUT2D eigenvalue weighted by molar-refractivity contribution is 6.19. The summed E-state index contributed by atoms with van der Waals surface area (Å²) in [6.45, 7) is 0. The number of fused-ring (bicyclic) bond motifs is 14. The number of hydrogen-bond donors (Lipinski definition) is 0. The van der Waals surface area contributed by atoms with E-state index in [0.29, 0.717) is 0 Å². The van der Waals surface area contributed by atoms with Crippen LogP contribution < -0.4 is 4.90 Å². The van der Waals surface area contributed by atoms with Crippen molar-refractivity contribution in [2.45, 2.75) is 75.0 Å². The van der Waals surface area contributed by atoms with Crippen LogP contribution in [0.4, 0.5) is 11.4 Å². The zero-order valence-corrected chi connectivity index (χ0v) is 32.4. The molecule has 0 unspecified atom stereocenters. The Morgan fingerprint density at radius 3 is 1.51 bits per heavy atom. The normalized spacial score (nSPS) is 20.1. The quantitative estimate of drug-likeness (QED) is 0.0978. The van der Waals surface area contributed by atoms with E-state index in [2.05, 4.69) is 175 Å². The number of hydrogen-bond acceptors (Lipinski definition) is 1. The molecule has 2 fully saturated rings. The van der Waals surface area contributed by atoms with E-state index < -0.39 is 0 Å². The van der Waals surface area contributed by atoms with Gasteiger partial charge in [-0.1, -0.05) is 172 Å². The van der Waals surface area contributed by atoms with E-state index >= 15 is 0 Å². The monoisotopic (exact) mass is 715 g/mol. The minimum atomic E-state index is 0.0592. The first-order valence-electron chi connectivity index (χ1n) is 20.8. The fourth-order valence-electron chi connectivity index (χ4n) is 11.5. The smallest absolute Gasteiger partial charge is 0.218 e. The van der Waals surface area contributed by atoms with Gasteiger partial charge in [0.2, 0.25) is 5.69 Å². The Labute approximate surface area is 326 Å². The lowest BCUT2D eigenvalue weighted by atomic mass is 9.66. The van der Waals surface area contributed by atoms with Gasteiger partial charge in [-0.2, -0.15) is 4.58 Å². The molecular weight excluding hydrogens is 665 g/mol. The third-order valence-corrected chi connectivity index (χ3v) is 13.7. The molecule has 2 saturated carbocycles. The van der Waals surface area contributed by atoms with Crippen LogP contribution in [-0.4, -0.2) is 24.4 Å². The predicted octanol–water partition coefficient (Wildman–Crippen LogP) is 13.7. The van der Waals surface area contributed by atoms with E-state index in [0.717, 1.165) is 0 Å². The topological polar surface area (TPSA) is 6.25 Å². The Morgan fingerprint density at radius 2 is 0.909 bits per heavy atom. The van der Waals surface area contributed by atoms with Crippen molar-refractivity contribution in [1.29, 1.82) is 0 Å². The van der Waals surface area contributed by atoms with E-state index in [-0.39, 0.29) is 10.8 Å². The molecule has 55 heavy (non-hydrogen) atoms. The van der Waals surface area contributed by atoms with Crippen LogP contribution in [0.1, 0.15) is 75.3 Å². The minimum absolute atomic E-state index is 0.0592. The molecule has 2 aliphatic carbocycles. The highest BCUT2D eigenvalue weighted by atomic mass is 15.2. The summed E-state index contributed by atoms with van der Waals surface area (Å²) in [5.41, 5.74) is 8.94. The van der Waals surface area contributed by atoms with Gasteiger partial charge in [-0.25, -0.2) is 0 Å². The van der Waals surface area contributed by atoms with Crippen molar-refractivity contribution >= 4 is 60.2 Å². The van der Waals surface area contributed by atoms with E-state index in [1.165, 1.54) is 130 Å². The van der Waals surface area contributed by atoms with Gasteiger partial charge < -0.3 is 4.90 Å². The first-order valence-corrected chi connectivity index (χ1v) is 20.8. The number of nitrogens with zero attached hydrogens (tertiary/aromatic N) is 2. The maximum Gasteiger partial charge on any atom is 0.218 e. The molecule has 0 N–H and O–H groups in total. The first kappa shape index (κ1) is 34.1. The molecule has 0 aromatic heterocycles. The summed E-state index contributed by atoms with van der Waals surface area (Å²) in [5, 5.41) is 11.1. The fraction of sp³-hybridized carbons (Fsp3) is 0.264. The Morgan fingerprint density at radius 1 is 0.473 bits per heavy atom. The largest absolute Gasteiger partial charge is 0.347 e. The van der Waals surface area contributed by atoms with Crippen molar-refractivity contribution in [3.05, 3.63) is 169 Å². The number of rotatable bonds is 5. The van der Waals surface area contributed by atoms with E-state index in [1.54, 1.807) is 11.1 Å². The molecule has 6 aromatic carbocycles. The second-order valence-corrected chi connectivity index (χ2v) is 16.5. The van der Waals surface area contributed by atoms with Gasteiger partial charge in [0.15, 0.2) is 5.71 Å². The molecule has 10 rings (SSSR count). The molecule has 2 spiro atoms.